The molecular formula is C11H16FNO. The zero-order valence-electron chi connectivity index (χ0n) is 8.59. The standard InChI is InChI=1S/C11H16FNO/c1-8(13)3-4-9-5-6-10(12)11(7-9)14-2/h5-8H,3-4,13H2,1-2H3/t8-/m0/s1. The van der Waals surface area contributed by atoms with Crippen molar-refractivity contribution in [3.8, 4) is 5.75 Å². The van der Waals surface area contributed by atoms with Crippen molar-refractivity contribution in [1.29, 1.82) is 0 Å². The first-order valence-electron chi connectivity index (χ1n) is 4.71. The number of rotatable bonds is 4. The lowest BCUT2D eigenvalue weighted by Crippen LogP contribution is -2.15. The molecule has 0 spiro atoms. The highest BCUT2D eigenvalue weighted by atomic mass is 19.1. The van der Waals surface area contributed by atoms with Gasteiger partial charge >= 0.3 is 0 Å². The van der Waals surface area contributed by atoms with Crippen LogP contribution in [0.1, 0.15) is 18.9 Å². The number of aryl methyl sites for hydroxylation is 1. The number of halogens is 1. The lowest BCUT2D eigenvalue weighted by molar-refractivity contribution is 0.386. The minimum absolute atomic E-state index is 0.172. The molecule has 0 radical (unpaired) electrons. The van der Waals surface area contributed by atoms with Crippen molar-refractivity contribution in [2.24, 2.45) is 5.73 Å². The van der Waals surface area contributed by atoms with Gasteiger partial charge in [0.25, 0.3) is 0 Å². The van der Waals surface area contributed by atoms with Crippen LogP contribution in [-0.4, -0.2) is 13.2 Å². The van der Waals surface area contributed by atoms with E-state index in [1.165, 1.54) is 13.2 Å². The van der Waals surface area contributed by atoms with E-state index >= 15 is 0 Å². The number of hydrogen-bond acceptors (Lipinski definition) is 2. The van der Waals surface area contributed by atoms with Crippen molar-refractivity contribution in [2.45, 2.75) is 25.8 Å². The van der Waals surface area contributed by atoms with Gasteiger partial charge < -0.3 is 10.5 Å². The van der Waals surface area contributed by atoms with Crippen molar-refractivity contribution in [2.75, 3.05) is 7.11 Å². The van der Waals surface area contributed by atoms with Gasteiger partial charge in [0, 0.05) is 6.04 Å². The zero-order valence-corrected chi connectivity index (χ0v) is 8.59. The first-order valence-corrected chi connectivity index (χ1v) is 4.71. The van der Waals surface area contributed by atoms with E-state index in [0.717, 1.165) is 18.4 Å². The molecule has 1 aromatic rings. The van der Waals surface area contributed by atoms with Crippen LogP contribution in [0.2, 0.25) is 0 Å². The molecule has 0 aromatic heterocycles. The summed E-state index contributed by atoms with van der Waals surface area (Å²) in [4.78, 5) is 0. The molecule has 1 aromatic carbocycles. The van der Waals surface area contributed by atoms with E-state index < -0.39 is 0 Å². The Morgan fingerprint density at radius 3 is 2.79 bits per heavy atom. The Bertz CT molecular complexity index is 299. The van der Waals surface area contributed by atoms with Gasteiger partial charge in [0.2, 0.25) is 0 Å². The molecular weight excluding hydrogens is 181 g/mol. The van der Waals surface area contributed by atoms with E-state index in [0.29, 0.717) is 5.75 Å². The summed E-state index contributed by atoms with van der Waals surface area (Å²) in [6, 6.07) is 5.08. The summed E-state index contributed by atoms with van der Waals surface area (Å²) in [7, 11) is 1.47. The summed E-state index contributed by atoms with van der Waals surface area (Å²) in [6.07, 6.45) is 1.75. The molecule has 0 aliphatic rings. The van der Waals surface area contributed by atoms with Crippen molar-refractivity contribution in [3.63, 3.8) is 0 Å². The lowest BCUT2D eigenvalue weighted by Gasteiger charge is -2.07. The predicted molar refractivity (Wildman–Crippen MR) is 54.9 cm³/mol. The molecule has 2 nitrogen and oxygen atoms in total. The Labute approximate surface area is 83.9 Å². The van der Waals surface area contributed by atoms with Crippen LogP contribution in [0.3, 0.4) is 0 Å². The fourth-order valence-electron chi connectivity index (χ4n) is 1.25. The van der Waals surface area contributed by atoms with E-state index in [1.807, 2.05) is 6.92 Å². The van der Waals surface area contributed by atoms with Crippen LogP contribution >= 0.6 is 0 Å². The second kappa shape index (κ2) is 4.96. The van der Waals surface area contributed by atoms with E-state index in [1.54, 1.807) is 12.1 Å². The van der Waals surface area contributed by atoms with Crippen molar-refractivity contribution < 1.29 is 9.13 Å². The Balaban J connectivity index is 2.69. The topological polar surface area (TPSA) is 35.2 Å². The molecule has 1 atom stereocenters. The minimum Gasteiger partial charge on any atom is -0.494 e. The Hall–Kier alpha value is -1.09. The summed E-state index contributed by atoms with van der Waals surface area (Å²) >= 11 is 0. The SMILES string of the molecule is COc1cc(CC[C@H](C)N)ccc1F. The normalized spacial score (nSPS) is 12.6. The van der Waals surface area contributed by atoms with Crippen LogP contribution in [0.25, 0.3) is 0 Å². The average Bonchev–Trinajstić information content (AvgIpc) is 2.16. The molecule has 0 saturated carbocycles. The third-order valence-corrected chi connectivity index (χ3v) is 2.10. The molecule has 0 bridgehead atoms. The van der Waals surface area contributed by atoms with Crippen LogP contribution in [-0.2, 0) is 6.42 Å². The van der Waals surface area contributed by atoms with Gasteiger partial charge in [-0.3, -0.25) is 0 Å². The van der Waals surface area contributed by atoms with Gasteiger partial charge in [-0.1, -0.05) is 6.07 Å². The molecule has 14 heavy (non-hydrogen) atoms. The van der Waals surface area contributed by atoms with Gasteiger partial charge in [0.15, 0.2) is 11.6 Å². The summed E-state index contributed by atoms with van der Waals surface area (Å²) < 4.78 is 17.9. The number of hydrogen-bond donors (Lipinski definition) is 1. The maximum atomic E-state index is 13.0. The second-order valence-corrected chi connectivity index (χ2v) is 3.48. The van der Waals surface area contributed by atoms with Gasteiger partial charge in [-0.15, -0.1) is 0 Å². The average molecular weight is 197 g/mol. The van der Waals surface area contributed by atoms with Gasteiger partial charge in [-0.05, 0) is 37.5 Å². The third-order valence-electron chi connectivity index (χ3n) is 2.10. The van der Waals surface area contributed by atoms with Crippen LogP contribution in [0, 0.1) is 5.82 Å². The van der Waals surface area contributed by atoms with Gasteiger partial charge in [-0.25, -0.2) is 4.39 Å². The smallest absolute Gasteiger partial charge is 0.165 e. The molecule has 78 valence electrons. The molecule has 0 amide bonds. The largest absolute Gasteiger partial charge is 0.494 e. The monoisotopic (exact) mass is 197 g/mol. The number of nitrogens with two attached hydrogens (primary N) is 1. The Morgan fingerprint density at radius 1 is 1.50 bits per heavy atom. The Kier molecular flexibility index (Phi) is 3.89. The molecule has 2 N–H and O–H groups in total. The minimum atomic E-state index is -0.322. The van der Waals surface area contributed by atoms with Gasteiger partial charge in [0.05, 0.1) is 7.11 Å². The summed E-state index contributed by atoms with van der Waals surface area (Å²) in [5, 5.41) is 0. The lowest BCUT2D eigenvalue weighted by atomic mass is 10.1. The molecule has 0 aliphatic heterocycles. The van der Waals surface area contributed by atoms with Gasteiger partial charge in [-0.2, -0.15) is 0 Å². The van der Waals surface area contributed by atoms with Gasteiger partial charge in [0.1, 0.15) is 0 Å². The molecule has 3 heteroatoms. The molecule has 1 rings (SSSR count). The van der Waals surface area contributed by atoms with E-state index in [-0.39, 0.29) is 11.9 Å². The molecule has 0 aliphatic carbocycles. The van der Waals surface area contributed by atoms with Crippen LogP contribution in [0.15, 0.2) is 18.2 Å². The van der Waals surface area contributed by atoms with Crippen molar-refractivity contribution in [3.05, 3.63) is 29.6 Å². The highest BCUT2D eigenvalue weighted by Gasteiger charge is 2.03. The third kappa shape index (κ3) is 3.00. The van der Waals surface area contributed by atoms with E-state index in [9.17, 15) is 4.39 Å². The molecule has 0 saturated heterocycles. The van der Waals surface area contributed by atoms with E-state index in [4.69, 9.17) is 10.5 Å². The fourth-order valence-corrected chi connectivity index (χ4v) is 1.25. The summed E-state index contributed by atoms with van der Waals surface area (Å²) in [5.41, 5.74) is 6.69. The second-order valence-electron chi connectivity index (χ2n) is 3.48. The number of ether oxygens (including phenoxy) is 1. The maximum Gasteiger partial charge on any atom is 0.165 e. The van der Waals surface area contributed by atoms with E-state index in [2.05, 4.69) is 0 Å². The Morgan fingerprint density at radius 2 is 2.21 bits per heavy atom. The quantitative estimate of drug-likeness (QED) is 0.802. The fraction of sp³-hybridized carbons (Fsp3) is 0.455. The van der Waals surface area contributed by atoms with Crippen LogP contribution < -0.4 is 10.5 Å². The van der Waals surface area contributed by atoms with Crippen LogP contribution in [0.4, 0.5) is 4.39 Å². The number of benzene rings is 1. The van der Waals surface area contributed by atoms with Crippen LogP contribution in [0.5, 0.6) is 5.75 Å². The summed E-state index contributed by atoms with van der Waals surface area (Å²) in [5.74, 6) is -0.0239. The molecule has 0 unspecified atom stereocenters. The predicted octanol–water partition coefficient (Wildman–Crippen LogP) is 2.11. The zero-order chi connectivity index (χ0) is 10.6. The highest BCUT2D eigenvalue weighted by Crippen LogP contribution is 2.19. The highest BCUT2D eigenvalue weighted by molar-refractivity contribution is 5.30. The van der Waals surface area contributed by atoms with Crippen molar-refractivity contribution >= 4 is 0 Å². The molecule has 0 fully saturated rings. The first kappa shape index (κ1) is 11.0. The first-order chi connectivity index (χ1) is 6.63. The van der Waals surface area contributed by atoms with Crippen molar-refractivity contribution in [1.82, 2.24) is 0 Å². The summed E-state index contributed by atoms with van der Waals surface area (Å²) in [6.45, 7) is 1.96. The number of methoxy groups -OCH3 is 1. The maximum absolute atomic E-state index is 13.0. The molecule has 0 heterocycles.